The topological polar surface area (TPSA) is 170 Å². The maximum Gasteiger partial charge on any atom is 0.235 e. The predicted octanol–water partition coefficient (Wildman–Crippen LogP) is 2.44. The third-order valence-electron chi connectivity index (χ3n) is 9.38. The highest BCUT2D eigenvalue weighted by Gasteiger charge is 2.69. The molecule has 2 aromatic carbocycles. The molecule has 3 aliphatic carbocycles. The van der Waals surface area contributed by atoms with Gasteiger partial charge in [0.15, 0.2) is 34.7 Å². The van der Waals surface area contributed by atoms with Crippen LogP contribution in [-0.4, -0.2) is 88.7 Å². The molecule has 5 N–H and O–H groups in total. The fourth-order valence-corrected chi connectivity index (χ4v) is 8.53. The van der Waals surface area contributed by atoms with Crippen molar-refractivity contribution in [2.75, 3.05) is 38.4 Å². The van der Waals surface area contributed by atoms with Crippen LogP contribution in [-0.2, 0) is 32.1 Å². The zero-order valence-electron chi connectivity index (χ0n) is 27.2. The minimum absolute atomic E-state index is 0.000243. The first-order valence-corrected chi connectivity index (χ1v) is 16.1. The van der Waals surface area contributed by atoms with E-state index in [2.05, 4.69) is 26.1 Å². The normalized spacial score (nSPS) is 27.6. The first-order valence-electron chi connectivity index (χ1n) is 15.3. The molecule has 2 fully saturated rings. The minimum atomic E-state index is -2.76. The lowest BCUT2D eigenvalue weighted by Gasteiger charge is -2.52. The van der Waals surface area contributed by atoms with Crippen molar-refractivity contribution in [2.45, 2.75) is 61.4 Å². The number of aromatic hydroxyl groups is 1. The second kappa shape index (κ2) is 11.8. The average Bonchev–Trinajstić information content (AvgIpc) is 2.94. The number of carbonyl (C=O) groups excluding carboxylic acids is 5. The lowest BCUT2D eigenvalue weighted by molar-refractivity contribution is -0.181. The number of hydrogen-bond donors (Lipinski definition) is 4. The van der Waals surface area contributed by atoms with Crippen molar-refractivity contribution >= 4 is 52.2 Å². The summed E-state index contributed by atoms with van der Waals surface area (Å²) in [5, 5.41) is 26.7. The van der Waals surface area contributed by atoms with E-state index in [1.54, 1.807) is 31.9 Å². The summed E-state index contributed by atoms with van der Waals surface area (Å²) in [5.74, 6) is -10.7. The lowest BCUT2D eigenvalue weighted by Crippen LogP contribution is -2.74. The van der Waals surface area contributed by atoms with Gasteiger partial charge >= 0.3 is 0 Å². The number of benzene rings is 2. The number of rotatable bonds is 7. The maximum absolute atomic E-state index is 14.3. The third-order valence-corrected chi connectivity index (χ3v) is 10.6. The number of amides is 1. The number of ketones is 4. The van der Waals surface area contributed by atoms with Gasteiger partial charge in [-0.05, 0) is 56.1 Å². The molecule has 11 nitrogen and oxygen atoms in total. The Kier molecular flexibility index (Phi) is 8.63. The first-order chi connectivity index (χ1) is 21.4. The number of likely N-dealkylation sites (N-methyl/N-ethyl adjacent to an activating group) is 1. The summed E-state index contributed by atoms with van der Waals surface area (Å²) in [4.78, 5) is 72.0. The molecule has 3 aliphatic rings. The molecule has 1 amide bonds. The number of nitrogens with two attached hydrogens (primary N) is 1. The molecule has 6 atom stereocenters. The predicted molar refractivity (Wildman–Crippen MR) is 175 cm³/mol. The average molecular weight is 651 g/mol. The van der Waals surface area contributed by atoms with Gasteiger partial charge in [0.25, 0.3) is 0 Å². The summed E-state index contributed by atoms with van der Waals surface area (Å²) in [6.07, 6.45) is 0.192. The number of carbonyl (C=O) groups is 5. The minimum Gasteiger partial charge on any atom is -0.505 e. The Hall–Kier alpha value is -3.74. The molecule has 0 radical (unpaired) electrons. The van der Waals surface area contributed by atoms with E-state index in [-0.39, 0.29) is 28.9 Å². The largest absolute Gasteiger partial charge is 0.505 e. The zero-order chi connectivity index (χ0) is 34.0. The summed E-state index contributed by atoms with van der Waals surface area (Å²) in [6.45, 7) is 6.72. The molecule has 246 valence electrons. The van der Waals surface area contributed by atoms with Gasteiger partial charge < -0.3 is 26.2 Å². The molecule has 0 heterocycles. The number of nitrogens with one attached hydrogen (secondary N) is 1. The summed E-state index contributed by atoms with van der Waals surface area (Å²) in [5.41, 5.74) is 5.12. The Morgan fingerprint density at radius 2 is 1.74 bits per heavy atom. The van der Waals surface area contributed by atoms with Gasteiger partial charge in [0.05, 0.1) is 23.2 Å². The number of Topliss-reactive ketones (excluding diaryl/α,β-unsaturated/α-hetero) is 4. The summed E-state index contributed by atoms with van der Waals surface area (Å²) in [7, 11) is 6.76. The Morgan fingerprint density at radius 1 is 1.09 bits per heavy atom. The van der Waals surface area contributed by atoms with E-state index in [0.717, 1.165) is 10.5 Å². The molecule has 0 aliphatic heterocycles. The highest BCUT2D eigenvalue weighted by molar-refractivity contribution is 8.00. The van der Waals surface area contributed by atoms with Crippen molar-refractivity contribution in [1.29, 1.82) is 0 Å². The molecule has 2 unspecified atom stereocenters. The van der Waals surface area contributed by atoms with E-state index in [1.165, 1.54) is 4.90 Å². The van der Waals surface area contributed by atoms with Gasteiger partial charge in [-0.15, -0.1) is 11.8 Å². The van der Waals surface area contributed by atoms with Crippen LogP contribution in [0.15, 0.2) is 35.2 Å². The van der Waals surface area contributed by atoms with Gasteiger partial charge in [-0.3, -0.25) is 28.9 Å². The molecule has 2 aromatic rings. The van der Waals surface area contributed by atoms with Crippen molar-refractivity contribution in [3.63, 3.8) is 0 Å². The molecular formula is C34H42N4O7S. The zero-order valence-corrected chi connectivity index (χ0v) is 28.0. The maximum atomic E-state index is 14.3. The standard InChI is InChI=1S/C34H42N4O7S/c1-33(2,3)46-22-11-9-8-10-16(22)15-36-20-14-21(37(4)5)18-12-17-13-19-26(38(6)7)29(41)25(32(35)44)31(43)34(19,45)30(42)23(17)28(40)24(18)27(20)39/h8-11,14,17,19,23,25-26,36,39,45H,12-13,15H2,1-7H3,(H2,35,44)/t17-,19-,23?,25?,26-,34-/m1/s1. The van der Waals surface area contributed by atoms with Crippen molar-refractivity contribution in [3.8, 4) is 5.75 Å². The summed E-state index contributed by atoms with van der Waals surface area (Å²) < 4.78 is -0.0300. The van der Waals surface area contributed by atoms with E-state index in [1.807, 2.05) is 43.3 Å². The number of hydrogen-bond acceptors (Lipinski definition) is 11. The van der Waals surface area contributed by atoms with E-state index in [4.69, 9.17) is 5.73 Å². The molecular weight excluding hydrogens is 608 g/mol. The Balaban J connectivity index is 1.57. The quantitative estimate of drug-likeness (QED) is 0.197. The fourth-order valence-electron chi connectivity index (χ4n) is 7.46. The number of fused-ring (bicyclic) bond motifs is 3. The van der Waals surface area contributed by atoms with Crippen LogP contribution in [0.5, 0.6) is 5.75 Å². The number of phenolic OH excluding ortho intramolecular Hbond substituents is 1. The van der Waals surface area contributed by atoms with Crippen molar-refractivity contribution in [1.82, 2.24) is 4.90 Å². The van der Waals surface area contributed by atoms with Crippen LogP contribution in [0.3, 0.4) is 0 Å². The highest BCUT2D eigenvalue weighted by Crippen LogP contribution is 2.53. The summed E-state index contributed by atoms with van der Waals surface area (Å²) >= 11 is 1.72. The molecule has 0 aromatic heterocycles. The van der Waals surface area contributed by atoms with Gasteiger partial charge in [-0.25, -0.2) is 0 Å². The van der Waals surface area contributed by atoms with Gasteiger partial charge in [0.2, 0.25) is 5.91 Å². The van der Waals surface area contributed by atoms with E-state index < -0.39 is 64.4 Å². The van der Waals surface area contributed by atoms with Crippen LogP contribution in [0.2, 0.25) is 0 Å². The number of anilines is 2. The fraction of sp³-hybridized carbons (Fsp3) is 0.500. The second-order valence-electron chi connectivity index (χ2n) is 14.0. The van der Waals surface area contributed by atoms with E-state index in [0.29, 0.717) is 23.5 Å². The highest BCUT2D eigenvalue weighted by atomic mass is 32.2. The first kappa shape index (κ1) is 33.6. The third kappa shape index (κ3) is 5.39. The van der Waals surface area contributed by atoms with Crippen molar-refractivity contribution in [3.05, 3.63) is 47.0 Å². The number of primary amides is 1. The molecule has 0 spiro atoms. The molecule has 5 rings (SSSR count). The van der Waals surface area contributed by atoms with Gasteiger partial charge in [0, 0.05) is 41.9 Å². The van der Waals surface area contributed by atoms with Crippen LogP contribution in [0.4, 0.5) is 11.4 Å². The van der Waals surface area contributed by atoms with E-state index in [9.17, 15) is 34.2 Å². The smallest absolute Gasteiger partial charge is 0.235 e. The Bertz CT molecular complexity index is 1650. The monoisotopic (exact) mass is 650 g/mol. The number of thioether (sulfide) groups is 1. The lowest BCUT2D eigenvalue weighted by atomic mass is 9.52. The van der Waals surface area contributed by atoms with Crippen molar-refractivity contribution < 1.29 is 34.2 Å². The number of phenols is 1. The molecule has 0 saturated heterocycles. The molecule has 2 saturated carbocycles. The summed E-state index contributed by atoms with van der Waals surface area (Å²) in [6, 6.07) is 8.55. The van der Waals surface area contributed by atoms with Crippen LogP contribution < -0.4 is 16.0 Å². The van der Waals surface area contributed by atoms with E-state index >= 15 is 0 Å². The van der Waals surface area contributed by atoms with Crippen LogP contribution in [0, 0.1) is 23.7 Å². The van der Waals surface area contributed by atoms with Gasteiger partial charge in [0.1, 0.15) is 5.75 Å². The van der Waals surface area contributed by atoms with Gasteiger partial charge in [-0.1, -0.05) is 39.0 Å². The van der Waals surface area contributed by atoms with Crippen LogP contribution in [0.1, 0.15) is 48.7 Å². The number of nitrogens with zero attached hydrogens (tertiary/aromatic N) is 2. The van der Waals surface area contributed by atoms with Gasteiger partial charge in [-0.2, -0.15) is 0 Å². The number of aliphatic hydroxyl groups is 1. The second-order valence-corrected chi connectivity index (χ2v) is 15.9. The molecule has 0 bridgehead atoms. The van der Waals surface area contributed by atoms with Crippen molar-refractivity contribution in [2.24, 2.45) is 29.4 Å². The van der Waals surface area contributed by atoms with Crippen LogP contribution in [0.25, 0.3) is 0 Å². The SMILES string of the molecule is CN(C)c1cc(NCc2ccccc2SC(C)(C)C)c(O)c2c1C[C@@H]1C[C@@H]3[C@@H](N(C)C)C(=O)C(C(N)=O)C(=O)[C@]3(O)C(=O)C1C2=O. The Morgan fingerprint density at radius 3 is 2.33 bits per heavy atom. The molecule has 12 heteroatoms. The molecule has 46 heavy (non-hydrogen) atoms. The Labute approximate surface area is 272 Å². The van der Waals surface area contributed by atoms with Crippen LogP contribution >= 0.6 is 11.8 Å².